The van der Waals surface area contributed by atoms with Crippen molar-refractivity contribution in [1.29, 1.82) is 0 Å². The lowest BCUT2D eigenvalue weighted by Crippen LogP contribution is -2.21. The molecule has 536 valence electrons. The molecule has 10 N–H and O–H groups in total. The molecule has 13 rings (SSSR count). The number of aromatic hydroxyl groups is 10. The van der Waals surface area contributed by atoms with Gasteiger partial charge in [0.25, 0.3) is 0 Å². The monoisotopic (exact) mass is 1400 g/mol. The van der Waals surface area contributed by atoms with E-state index in [1.54, 1.807) is 109 Å². The lowest BCUT2D eigenvalue weighted by molar-refractivity contribution is 0.459. The van der Waals surface area contributed by atoms with E-state index in [1.165, 1.54) is 33.4 Å². The van der Waals surface area contributed by atoms with Crippen LogP contribution in [0.25, 0.3) is 22.3 Å². The number of aryl methyl sites for hydroxylation is 4. The van der Waals surface area contributed by atoms with Gasteiger partial charge in [0.2, 0.25) is 0 Å². The third-order valence-electron chi connectivity index (χ3n) is 19.3. The third-order valence-corrected chi connectivity index (χ3v) is 19.3. The number of benzene rings is 13. The van der Waals surface area contributed by atoms with Crippen LogP contribution in [-0.4, -0.2) is 51.1 Å². The SMILES string of the molecule is CC(C)(c1ccc(O)c(-c2ccccc2)c1)c1ccc(O)c(-c2ccccc2)c1.CC(C)(c1ccc(O)cc1)c1ccc(C(C)(C)c2ccc(O)cc2)cc1.CC(c1ccc(O)cc1)c1ccc(O)cc1.Cc1cc(Cc2cc(C)c(O)c(C)c2)cc(C)c1O.Oc1ccc(Oc2ccc(O)cc2)cc1. The van der Waals surface area contributed by atoms with Crippen molar-refractivity contribution in [1.82, 2.24) is 0 Å². The molecule has 0 atom stereocenters. The van der Waals surface area contributed by atoms with Crippen LogP contribution in [0.5, 0.6) is 69.0 Å². The van der Waals surface area contributed by atoms with Crippen LogP contribution < -0.4 is 4.74 Å². The zero-order valence-electron chi connectivity index (χ0n) is 61.4. The zero-order valence-corrected chi connectivity index (χ0v) is 61.4. The zero-order chi connectivity index (χ0) is 75.8. The van der Waals surface area contributed by atoms with Crippen molar-refractivity contribution in [3.8, 4) is 91.2 Å². The molecule has 0 aliphatic heterocycles. The number of rotatable bonds is 14. The Hall–Kier alpha value is -12.3. The van der Waals surface area contributed by atoms with Crippen molar-refractivity contribution in [2.45, 2.75) is 105 Å². The summed E-state index contributed by atoms with van der Waals surface area (Å²) >= 11 is 0. The molecule has 0 saturated heterocycles. The van der Waals surface area contributed by atoms with Gasteiger partial charge in [-0.3, -0.25) is 0 Å². The van der Waals surface area contributed by atoms with Gasteiger partial charge in [-0.1, -0.05) is 218 Å². The maximum Gasteiger partial charge on any atom is 0.127 e. The molecule has 0 saturated carbocycles. The van der Waals surface area contributed by atoms with Crippen LogP contribution in [0, 0.1) is 27.7 Å². The lowest BCUT2D eigenvalue weighted by atomic mass is 9.74. The van der Waals surface area contributed by atoms with Crippen molar-refractivity contribution in [2.24, 2.45) is 0 Å². The number of phenolic OH excluding ortho intramolecular Hbond substituents is 10. The van der Waals surface area contributed by atoms with Crippen LogP contribution in [0.15, 0.2) is 291 Å². The standard InChI is InChI=1S/C27H24O2.C24H26O2.C17H20O2.C14H14O2.C12H10O3/c1-27(2,21-13-15-25(28)23(17-21)19-9-5-3-6-10-19)22-14-16-26(29)24(18-22)20-11-7-4-8-12-20;1-23(2,19-9-13-21(25)14-10-19)17-5-7-18(8-6-17)24(3,4)20-11-15-22(26)16-12-20;1-10-5-14(6-11(2)16(10)18)9-15-7-12(3)17(19)13(4)8-15;1-10(11-2-6-13(15)7-3-11)12-4-8-14(16)9-5-12;13-9-1-5-11(6-2-9)15-12-7-3-10(14)4-8-12/h3-18,28-29H,1-2H3;5-16,25-26H,1-4H3;5-8,18-19H,9H2,1-4H3;2-10,15-16H,1H3;1-8,13-14H. The lowest BCUT2D eigenvalue weighted by Gasteiger charge is -2.29. The highest BCUT2D eigenvalue weighted by Gasteiger charge is 2.28. The van der Waals surface area contributed by atoms with Crippen LogP contribution in [0.2, 0.25) is 0 Å². The van der Waals surface area contributed by atoms with E-state index in [9.17, 15) is 40.9 Å². The Kier molecular flexibility index (Phi) is 24.9. The highest BCUT2D eigenvalue weighted by atomic mass is 16.5. The Balaban J connectivity index is 0.000000156. The maximum absolute atomic E-state index is 10.4. The van der Waals surface area contributed by atoms with Crippen molar-refractivity contribution >= 4 is 0 Å². The van der Waals surface area contributed by atoms with Gasteiger partial charge in [0, 0.05) is 33.3 Å². The quantitative estimate of drug-likeness (QED) is 0.0495. The van der Waals surface area contributed by atoms with Gasteiger partial charge in [0.1, 0.15) is 69.0 Å². The molecular formula is C94H94O11. The second kappa shape index (κ2) is 34.1. The maximum atomic E-state index is 10.4. The summed E-state index contributed by atoms with van der Waals surface area (Å²) in [6.45, 7) is 22.9. The van der Waals surface area contributed by atoms with Crippen LogP contribution in [0.4, 0.5) is 0 Å². The molecule has 105 heavy (non-hydrogen) atoms. The number of phenols is 10. The molecule has 0 aromatic heterocycles. The number of ether oxygens (including phenoxy) is 1. The third kappa shape index (κ3) is 20.1. The molecule has 0 radical (unpaired) electrons. The highest BCUT2D eigenvalue weighted by Crippen LogP contribution is 2.42. The fraction of sp³-hybridized carbons (Fsp3) is 0.170. The van der Waals surface area contributed by atoms with Crippen LogP contribution in [0.3, 0.4) is 0 Å². The van der Waals surface area contributed by atoms with Crippen LogP contribution in [0.1, 0.15) is 132 Å². The van der Waals surface area contributed by atoms with E-state index in [4.69, 9.17) is 14.9 Å². The van der Waals surface area contributed by atoms with E-state index in [-0.39, 0.29) is 68.2 Å². The number of hydrogen-bond acceptors (Lipinski definition) is 11. The molecule has 13 aromatic carbocycles. The Morgan fingerprint density at radius 3 is 0.800 bits per heavy atom. The Morgan fingerprint density at radius 1 is 0.276 bits per heavy atom. The van der Waals surface area contributed by atoms with Gasteiger partial charge in [-0.2, -0.15) is 0 Å². The normalized spacial score (nSPS) is 11.1. The molecule has 0 aliphatic rings. The first kappa shape index (κ1) is 76.8. The van der Waals surface area contributed by atoms with Gasteiger partial charge in [-0.25, -0.2) is 0 Å². The van der Waals surface area contributed by atoms with Crippen molar-refractivity contribution < 1.29 is 55.8 Å². The molecule has 0 unspecified atom stereocenters. The van der Waals surface area contributed by atoms with Crippen LogP contribution >= 0.6 is 0 Å². The Labute approximate surface area is 617 Å². The fourth-order valence-corrected chi connectivity index (χ4v) is 12.5. The molecule has 0 spiro atoms. The van der Waals surface area contributed by atoms with E-state index in [0.717, 1.165) is 73.2 Å². The van der Waals surface area contributed by atoms with Crippen LogP contribution in [-0.2, 0) is 22.7 Å². The largest absolute Gasteiger partial charge is 0.508 e. The summed E-state index contributed by atoms with van der Waals surface area (Å²) < 4.78 is 5.47. The Bertz CT molecular complexity index is 4600. The minimum atomic E-state index is -0.311. The van der Waals surface area contributed by atoms with Crippen molar-refractivity contribution in [3.63, 3.8) is 0 Å². The molecule has 0 heterocycles. The average molecular weight is 1400 g/mol. The summed E-state index contributed by atoms with van der Waals surface area (Å²) in [5, 5.41) is 96.0. The molecule has 0 bridgehead atoms. The van der Waals surface area contributed by atoms with Gasteiger partial charge >= 0.3 is 0 Å². The summed E-state index contributed by atoms with van der Waals surface area (Å²) in [5.41, 5.74) is 18.3. The van der Waals surface area contributed by atoms with Crippen molar-refractivity contribution in [2.75, 3.05) is 0 Å². The van der Waals surface area contributed by atoms with E-state index in [0.29, 0.717) is 23.0 Å². The molecule has 0 aliphatic carbocycles. The summed E-state index contributed by atoms with van der Waals surface area (Å²) in [4.78, 5) is 0. The summed E-state index contributed by atoms with van der Waals surface area (Å²) in [7, 11) is 0. The van der Waals surface area contributed by atoms with Gasteiger partial charge in [-0.15, -0.1) is 0 Å². The van der Waals surface area contributed by atoms with E-state index in [2.05, 4.69) is 84.9 Å². The van der Waals surface area contributed by atoms with Gasteiger partial charge in [0.15, 0.2) is 0 Å². The molecule has 13 aromatic rings. The summed E-state index contributed by atoms with van der Waals surface area (Å²) in [6, 6.07) is 90.3. The number of hydrogen-bond donors (Lipinski definition) is 10. The molecule has 11 nitrogen and oxygen atoms in total. The fourth-order valence-electron chi connectivity index (χ4n) is 12.5. The molecule has 11 heteroatoms. The van der Waals surface area contributed by atoms with E-state index in [1.807, 2.05) is 173 Å². The molecular weight excluding hydrogens is 1310 g/mol. The predicted molar refractivity (Wildman–Crippen MR) is 424 cm³/mol. The first-order valence-corrected chi connectivity index (χ1v) is 34.9. The first-order chi connectivity index (χ1) is 50.0. The van der Waals surface area contributed by atoms with Gasteiger partial charge in [0.05, 0.1) is 0 Å². The molecule has 0 amide bonds. The summed E-state index contributed by atoms with van der Waals surface area (Å²) in [5.74, 6) is 4.36. The first-order valence-electron chi connectivity index (χ1n) is 34.9. The second-order valence-corrected chi connectivity index (χ2v) is 28.1. The Morgan fingerprint density at radius 2 is 0.514 bits per heavy atom. The predicted octanol–water partition coefficient (Wildman–Crippen LogP) is 22.6. The highest BCUT2D eigenvalue weighted by molar-refractivity contribution is 5.74. The van der Waals surface area contributed by atoms with E-state index < -0.39 is 0 Å². The summed E-state index contributed by atoms with van der Waals surface area (Å²) in [6.07, 6.45) is 0.809. The molecule has 0 fully saturated rings. The smallest absolute Gasteiger partial charge is 0.127 e. The second-order valence-electron chi connectivity index (χ2n) is 28.1. The minimum absolute atomic E-state index is 0.144. The average Bonchev–Trinajstić information content (AvgIpc) is 0.773. The van der Waals surface area contributed by atoms with Crippen molar-refractivity contribution in [3.05, 3.63) is 369 Å². The minimum Gasteiger partial charge on any atom is -0.508 e. The van der Waals surface area contributed by atoms with Gasteiger partial charge < -0.3 is 55.8 Å². The van der Waals surface area contributed by atoms with Gasteiger partial charge in [-0.05, 0) is 244 Å². The topological polar surface area (TPSA) is 212 Å². The van der Waals surface area contributed by atoms with E-state index >= 15 is 0 Å².